The van der Waals surface area contributed by atoms with Gasteiger partial charge in [0.05, 0.1) is 24.4 Å². The third-order valence-corrected chi connectivity index (χ3v) is 4.72. The molecule has 0 radical (unpaired) electrons. The Morgan fingerprint density at radius 2 is 1.92 bits per heavy atom. The number of hydrogen-bond donors (Lipinski definition) is 0. The smallest absolute Gasteiger partial charge is 0.338 e. The second-order valence-electron chi connectivity index (χ2n) is 6.94. The van der Waals surface area contributed by atoms with Crippen LogP contribution in [0.3, 0.4) is 0 Å². The number of aromatic nitrogens is 3. The van der Waals surface area contributed by atoms with Crippen molar-refractivity contribution in [3.05, 3.63) is 41.7 Å². The summed E-state index contributed by atoms with van der Waals surface area (Å²) < 4.78 is 6.79. The van der Waals surface area contributed by atoms with E-state index in [1.165, 1.54) is 0 Å². The number of nitrogens with zero attached hydrogens (tertiary/aromatic N) is 4. The highest BCUT2D eigenvalue weighted by Crippen LogP contribution is 2.34. The van der Waals surface area contributed by atoms with Crippen LogP contribution in [0, 0.1) is 5.92 Å². The third-order valence-electron chi connectivity index (χ3n) is 4.72. The fraction of sp³-hybridized carbons (Fsp3) is 0.474. The van der Waals surface area contributed by atoms with Crippen LogP contribution in [0.5, 0.6) is 0 Å². The van der Waals surface area contributed by atoms with E-state index in [9.17, 15) is 9.59 Å². The number of carbonyl (C=O) groups is 2. The molecule has 4 rings (SSSR count). The number of anilines is 1. The fourth-order valence-electron chi connectivity index (χ4n) is 2.89. The first-order chi connectivity index (χ1) is 12.7. The van der Waals surface area contributed by atoms with Crippen LogP contribution < -0.4 is 4.90 Å². The standard InChI is InChI=1S/C19H22N4O3/c1-2-26-19(25)14-5-7-15(8-6-14)22(11-13-3-4-13)18(24)17-12-23(21-20-17)16-9-10-16/h5-8,12-13,16H,2-4,9-11H2,1H3. The van der Waals surface area contributed by atoms with Crippen molar-refractivity contribution in [1.82, 2.24) is 15.0 Å². The molecule has 2 saturated carbocycles. The van der Waals surface area contributed by atoms with Crippen molar-refractivity contribution in [3.63, 3.8) is 0 Å². The molecular formula is C19H22N4O3. The summed E-state index contributed by atoms with van der Waals surface area (Å²) in [6.45, 7) is 2.77. The Hall–Kier alpha value is -2.70. The molecule has 1 aromatic heterocycles. The van der Waals surface area contributed by atoms with Crippen LogP contribution in [-0.2, 0) is 4.74 Å². The highest BCUT2D eigenvalue weighted by molar-refractivity contribution is 6.04. The Morgan fingerprint density at radius 1 is 1.19 bits per heavy atom. The van der Waals surface area contributed by atoms with Crippen LogP contribution in [0.25, 0.3) is 0 Å². The highest BCUT2D eigenvalue weighted by atomic mass is 16.5. The minimum atomic E-state index is -0.355. The summed E-state index contributed by atoms with van der Waals surface area (Å²) >= 11 is 0. The van der Waals surface area contributed by atoms with Gasteiger partial charge in [-0.25, -0.2) is 9.48 Å². The molecule has 2 aromatic rings. The summed E-state index contributed by atoms with van der Waals surface area (Å²) in [5.74, 6) is 0.0290. The van der Waals surface area contributed by atoms with Gasteiger partial charge >= 0.3 is 5.97 Å². The van der Waals surface area contributed by atoms with Crippen molar-refractivity contribution >= 4 is 17.6 Å². The molecule has 7 heteroatoms. The monoisotopic (exact) mass is 354 g/mol. The molecule has 0 saturated heterocycles. The van der Waals surface area contributed by atoms with E-state index in [-0.39, 0.29) is 11.9 Å². The quantitative estimate of drug-likeness (QED) is 0.715. The number of rotatable bonds is 7. The number of esters is 1. The Labute approximate surface area is 151 Å². The number of amides is 1. The summed E-state index contributed by atoms with van der Waals surface area (Å²) in [6, 6.07) is 7.36. The normalized spacial score (nSPS) is 16.3. The van der Waals surface area contributed by atoms with Gasteiger partial charge in [0.2, 0.25) is 0 Å². The average molecular weight is 354 g/mol. The first kappa shape index (κ1) is 16.8. The topological polar surface area (TPSA) is 77.3 Å². The zero-order chi connectivity index (χ0) is 18.1. The fourth-order valence-corrected chi connectivity index (χ4v) is 2.89. The van der Waals surface area contributed by atoms with Crippen LogP contribution >= 0.6 is 0 Å². The van der Waals surface area contributed by atoms with Gasteiger partial charge in [0.1, 0.15) is 0 Å². The summed E-state index contributed by atoms with van der Waals surface area (Å²) in [7, 11) is 0. The molecule has 0 spiro atoms. The molecule has 1 heterocycles. The van der Waals surface area contributed by atoms with E-state index >= 15 is 0 Å². The Balaban J connectivity index is 1.55. The molecular weight excluding hydrogens is 332 g/mol. The van der Waals surface area contributed by atoms with Gasteiger partial charge in [-0.3, -0.25) is 4.79 Å². The molecule has 1 amide bonds. The SMILES string of the molecule is CCOC(=O)c1ccc(N(CC2CC2)C(=O)c2cn(C3CC3)nn2)cc1. The Kier molecular flexibility index (Phi) is 4.44. The van der Waals surface area contributed by atoms with Crippen LogP contribution in [0.2, 0.25) is 0 Å². The molecule has 0 unspecified atom stereocenters. The highest BCUT2D eigenvalue weighted by Gasteiger charge is 2.31. The summed E-state index contributed by atoms with van der Waals surface area (Å²) in [6.07, 6.45) is 6.21. The maximum atomic E-state index is 13.0. The zero-order valence-corrected chi connectivity index (χ0v) is 14.8. The number of benzene rings is 1. The van der Waals surface area contributed by atoms with Crippen LogP contribution in [0.4, 0.5) is 5.69 Å². The number of carbonyl (C=O) groups excluding carboxylic acids is 2. The van der Waals surface area contributed by atoms with E-state index in [1.54, 1.807) is 47.0 Å². The largest absolute Gasteiger partial charge is 0.462 e. The van der Waals surface area contributed by atoms with Crippen LogP contribution in [0.1, 0.15) is 59.5 Å². The number of ether oxygens (including phenoxy) is 1. The Morgan fingerprint density at radius 3 is 2.54 bits per heavy atom. The van der Waals surface area contributed by atoms with Crippen molar-refractivity contribution in [1.29, 1.82) is 0 Å². The molecule has 2 fully saturated rings. The van der Waals surface area contributed by atoms with E-state index in [4.69, 9.17) is 4.74 Å². The zero-order valence-electron chi connectivity index (χ0n) is 14.8. The van der Waals surface area contributed by atoms with E-state index < -0.39 is 0 Å². The van der Waals surface area contributed by atoms with Crippen LogP contribution in [-0.4, -0.2) is 40.0 Å². The van der Waals surface area contributed by atoms with Crippen molar-refractivity contribution in [2.75, 3.05) is 18.1 Å². The maximum Gasteiger partial charge on any atom is 0.338 e. The summed E-state index contributed by atoms with van der Waals surface area (Å²) in [5, 5.41) is 8.16. The lowest BCUT2D eigenvalue weighted by Crippen LogP contribution is -2.33. The first-order valence-electron chi connectivity index (χ1n) is 9.16. The first-order valence-corrected chi connectivity index (χ1v) is 9.16. The minimum absolute atomic E-state index is 0.146. The van der Waals surface area contributed by atoms with Gasteiger partial charge in [0.15, 0.2) is 5.69 Å². The molecule has 2 aliphatic carbocycles. The maximum absolute atomic E-state index is 13.0. The predicted molar refractivity (Wildman–Crippen MR) is 95.1 cm³/mol. The lowest BCUT2D eigenvalue weighted by Gasteiger charge is -2.22. The van der Waals surface area contributed by atoms with E-state index in [0.717, 1.165) is 31.4 Å². The third kappa shape index (κ3) is 3.61. The van der Waals surface area contributed by atoms with Gasteiger partial charge in [0.25, 0.3) is 5.91 Å². The molecule has 136 valence electrons. The molecule has 7 nitrogen and oxygen atoms in total. The molecule has 26 heavy (non-hydrogen) atoms. The second kappa shape index (κ2) is 6.90. The average Bonchev–Trinajstić information content (AvgIpc) is 3.59. The van der Waals surface area contributed by atoms with Crippen molar-refractivity contribution in [2.24, 2.45) is 5.92 Å². The van der Waals surface area contributed by atoms with Gasteiger partial charge < -0.3 is 9.64 Å². The van der Waals surface area contributed by atoms with Crippen LogP contribution in [0.15, 0.2) is 30.5 Å². The van der Waals surface area contributed by atoms with E-state index in [0.29, 0.717) is 36.4 Å². The molecule has 0 bridgehead atoms. The molecule has 0 N–H and O–H groups in total. The van der Waals surface area contributed by atoms with Crippen molar-refractivity contribution in [2.45, 2.75) is 38.6 Å². The Bertz CT molecular complexity index is 806. The van der Waals surface area contributed by atoms with Gasteiger partial charge in [-0.05, 0) is 62.8 Å². The number of hydrogen-bond acceptors (Lipinski definition) is 5. The predicted octanol–water partition coefficient (Wildman–Crippen LogP) is 2.85. The molecule has 1 aromatic carbocycles. The lowest BCUT2D eigenvalue weighted by atomic mass is 10.1. The molecule has 2 aliphatic rings. The van der Waals surface area contributed by atoms with Gasteiger partial charge in [0, 0.05) is 12.2 Å². The van der Waals surface area contributed by atoms with E-state index in [2.05, 4.69) is 10.3 Å². The van der Waals surface area contributed by atoms with Gasteiger partial charge in [-0.15, -0.1) is 5.10 Å². The van der Waals surface area contributed by atoms with Gasteiger partial charge in [-0.2, -0.15) is 0 Å². The molecule has 0 aliphatic heterocycles. The summed E-state index contributed by atoms with van der Waals surface area (Å²) in [5.41, 5.74) is 1.61. The van der Waals surface area contributed by atoms with Gasteiger partial charge in [-0.1, -0.05) is 5.21 Å². The lowest BCUT2D eigenvalue weighted by molar-refractivity contribution is 0.0526. The van der Waals surface area contributed by atoms with E-state index in [1.807, 2.05) is 0 Å². The van der Waals surface area contributed by atoms with Crippen molar-refractivity contribution in [3.8, 4) is 0 Å². The summed E-state index contributed by atoms with van der Waals surface area (Å²) in [4.78, 5) is 26.6. The minimum Gasteiger partial charge on any atom is -0.462 e. The second-order valence-corrected chi connectivity index (χ2v) is 6.94. The van der Waals surface area contributed by atoms with Crippen molar-refractivity contribution < 1.29 is 14.3 Å². The molecule has 0 atom stereocenters.